The third-order valence-electron chi connectivity index (χ3n) is 7.21. The first-order valence-electron chi connectivity index (χ1n) is 13.1. The summed E-state index contributed by atoms with van der Waals surface area (Å²) in [5.74, 6) is 0. The van der Waals surface area contributed by atoms with Gasteiger partial charge in [-0.05, 0) is 65.7 Å². The average Bonchev–Trinajstić information content (AvgIpc) is 3.33. The molecule has 186 valence electrons. The van der Waals surface area contributed by atoms with E-state index in [-0.39, 0.29) is 0 Å². The van der Waals surface area contributed by atoms with Crippen LogP contribution in [0.15, 0.2) is 156 Å². The van der Waals surface area contributed by atoms with Crippen molar-refractivity contribution in [3.8, 4) is 16.8 Å². The number of fused-ring (bicyclic) bond motifs is 3. The Bertz CT molecular complexity index is 1850. The van der Waals surface area contributed by atoms with Crippen molar-refractivity contribution in [2.45, 2.75) is 0 Å². The minimum Gasteiger partial charge on any atom is -0.310 e. The summed E-state index contributed by atoms with van der Waals surface area (Å²) in [5, 5.41) is 2.51. The van der Waals surface area contributed by atoms with Gasteiger partial charge in [-0.3, -0.25) is 0 Å². The molecule has 0 N–H and O–H groups in total. The maximum Gasteiger partial charge on any atom is 0.0541 e. The molecule has 0 spiro atoms. The fourth-order valence-corrected chi connectivity index (χ4v) is 5.94. The molecule has 7 rings (SSSR count). The Hall–Kier alpha value is -4.60. The predicted molar refractivity (Wildman–Crippen MR) is 169 cm³/mol. The molecule has 0 atom stereocenters. The lowest BCUT2D eigenvalue weighted by Gasteiger charge is -2.26. The zero-order valence-electron chi connectivity index (χ0n) is 21.2. The van der Waals surface area contributed by atoms with Crippen LogP contribution in [-0.2, 0) is 0 Å². The molecule has 0 aliphatic rings. The first-order chi connectivity index (χ1) is 19.3. The molecule has 0 bridgehead atoms. The van der Waals surface area contributed by atoms with E-state index in [4.69, 9.17) is 0 Å². The monoisotopic (exact) mass is 564 g/mol. The standard InChI is InChI=1S/C36H25BrN2/c37-28-23-31(25-32(24-28)39-35-17-9-7-15-33(35)34-16-8-10-18-36(34)39)38(29-13-5-2-6-14-29)30-21-19-27(20-22-30)26-11-3-1-4-12-26/h1-25H. The van der Waals surface area contributed by atoms with E-state index in [1.165, 1.54) is 32.9 Å². The van der Waals surface area contributed by atoms with Crippen LogP contribution in [0.5, 0.6) is 0 Å². The van der Waals surface area contributed by atoms with Gasteiger partial charge in [-0.15, -0.1) is 0 Å². The predicted octanol–water partition coefficient (Wildman–Crippen LogP) is 10.7. The molecule has 2 nitrogen and oxygen atoms in total. The van der Waals surface area contributed by atoms with Crippen molar-refractivity contribution >= 4 is 54.8 Å². The van der Waals surface area contributed by atoms with Gasteiger partial charge < -0.3 is 9.47 Å². The fraction of sp³-hybridized carbons (Fsp3) is 0. The largest absolute Gasteiger partial charge is 0.310 e. The Morgan fingerprint density at radius 1 is 0.436 bits per heavy atom. The van der Waals surface area contributed by atoms with Crippen LogP contribution in [0.1, 0.15) is 0 Å². The van der Waals surface area contributed by atoms with E-state index >= 15 is 0 Å². The number of hydrogen-bond acceptors (Lipinski definition) is 1. The number of hydrogen-bond donors (Lipinski definition) is 0. The molecular weight excluding hydrogens is 540 g/mol. The number of benzene rings is 6. The van der Waals surface area contributed by atoms with Crippen LogP contribution in [0, 0.1) is 0 Å². The van der Waals surface area contributed by atoms with Crippen molar-refractivity contribution in [2.75, 3.05) is 4.90 Å². The summed E-state index contributed by atoms with van der Waals surface area (Å²) >= 11 is 3.84. The van der Waals surface area contributed by atoms with E-state index < -0.39 is 0 Å². The maximum atomic E-state index is 3.84. The van der Waals surface area contributed by atoms with Crippen LogP contribution in [0.25, 0.3) is 38.6 Å². The molecule has 0 aliphatic heterocycles. The van der Waals surface area contributed by atoms with Crippen LogP contribution in [0.4, 0.5) is 17.1 Å². The molecular formula is C36H25BrN2. The molecule has 0 saturated carbocycles. The zero-order valence-corrected chi connectivity index (χ0v) is 22.8. The lowest BCUT2D eigenvalue weighted by Crippen LogP contribution is -2.10. The summed E-state index contributed by atoms with van der Waals surface area (Å²) in [5.41, 5.74) is 9.21. The SMILES string of the molecule is Brc1cc(N(c2ccccc2)c2ccc(-c3ccccc3)cc2)cc(-n2c3ccccc3c3ccccc32)c1. The Morgan fingerprint density at radius 3 is 1.59 bits per heavy atom. The van der Waals surface area contributed by atoms with Gasteiger partial charge in [0, 0.05) is 38.0 Å². The molecule has 0 radical (unpaired) electrons. The Morgan fingerprint density at radius 2 is 0.949 bits per heavy atom. The molecule has 39 heavy (non-hydrogen) atoms. The van der Waals surface area contributed by atoms with E-state index in [9.17, 15) is 0 Å². The summed E-state index contributed by atoms with van der Waals surface area (Å²) in [7, 11) is 0. The van der Waals surface area contributed by atoms with Gasteiger partial charge in [0.15, 0.2) is 0 Å². The van der Waals surface area contributed by atoms with Gasteiger partial charge in [-0.1, -0.05) is 113 Å². The smallest absolute Gasteiger partial charge is 0.0541 e. The summed E-state index contributed by atoms with van der Waals surface area (Å²) in [6.07, 6.45) is 0. The summed E-state index contributed by atoms with van der Waals surface area (Å²) in [4.78, 5) is 2.32. The number of aromatic nitrogens is 1. The molecule has 6 aromatic carbocycles. The van der Waals surface area contributed by atoms with Gasteiger partial charge in [-0.25, -0.2) is 0 Å². The lowest BCUT2D eigenvalue weighted by atomic mass is 10.0. The van der Waals surface area contributed by atoms with Gasteiger partial charge in [-0.2, -0.15) is 0 Å². The summed E-state index contributed by atoms with van der Waals surface area (Å²) in [6.45, 7) is 0. The highest BCUT2D eigenvalue weighted by Gasteiger charge is 2.17. The van der Waals surface area contributed by atoms with Crippen LogP contribution in [0.3, 0.4) is 0 Å². The molecule has 1 aromatic heterocycles. The van der Waals surface area contributed by atoms with E-state index in [1.54, 1.807) is 0 Å². The van der Waals surface area contributed by atoms with Crippen LogP contribution in [0.2, 0.25) is 0 Å². The second-order valence-electron chi connectivity index (χ2n) is 9.62. The van der Waals surface area contributed by atoms with Crippen molar-refractivity contribution in [3.05, 3.63) is 156 Å². The Balaban J connectivity index is 1.41. The summed E-state index contributed by atoms with van der Waals surface area (Å²) < 4.78 is 3.39. The van der Waals surface area contributed by atoms with Gasteiger partial charge in [0.1, 0.15) is 0 Å². The molecule has 7 aromatic rings. The first-order valence-corrected chi connectivity index (χ1v) is 13.9. The van der Waals surface area contributed by atoms with Gasteiger partial charge in [0.25, 0.3) is 0 Å². The van der Waals surface area contributed by atoms with Gasteiger partial charge in [0.05, 0.1) is 11.0 Å². The molecule has 1 heterocycles. The molecule has 3 heteroatoms. The maximum absolute atomic E-state index is 3.84. The van der Waals surface area contributed by atoms with E-state index in [1.807, 2.05) is 0 Å². The zero-order chi connectivity index (χ0) is 26.2. The summed E-state index contributed by atoms with van der Waals surface area (Å²) in [6, 6.07) is 53.8. The second-order valence-corrected chi connectivity index (χ2v) is 10.5. The van der Waals surface area contributed by atoms with E-state index in [2.05, 4.69) is 177 Å². The molecule has 0 unspecified atom stereocenters. The normalized spacial score (nSPS) is 11.2. The number of halogens is 1. The second kappa shape index (κ2) is 9.94. The molecule has 0 fully saturated rings. The fourth-order valence-electron chi connectivity index (χ4n) is 5.48. The van der Waals surface area contributed by atoms with Gasteiger partial charge >= 0.3 is 0 Å². The topological polar surface area (TPSA) is 8.17 Å². The minimum atomic E-state index is 1.03. The quantitative estimate of drug-likeness (QED) is 0.202. The Labute approximate surface area is 236 Å². The Kier molecular flexibility index (Phi) is 5.99. The highest BCUT2D eigenvalue weighted by atomic mass is 79.9. The van der Waals surface area contributed by atoms with Crippen LogP contribution < -0.4 is 4.90 Å². The van der Waals surface area contributed by atoms with Crippen molar-refractivity contribution < 1.29 is 0 Å². The number of para-hydroxylation sites is 3. The van der Waals surface area contributed by atoms with Crippen molar-refractivity contribution in [2.24, 2.45) is 0 Å². The first kappa shape index (κ1) is 23.5. The van der Waals surface area contributed by atoms with Crippen molar-refractivity contribution in [1.82, 2.24) is 4.57 Å². The van der Waals surface area contributed by atoms with Crippen molar-refractivity contribution in [3.63, 3.8) is 0 Å². The number of anilines is 3. The van der Waals surface area contributed by atoms with E-state index in [0.29, 0.717) is 0 Å². The van der Waals surface area contributed by atoms with Crippen molar-refractivity contribution in [1.29, 1.82) is 0 Å². The highest BCUT2D eigenvalue weighted by molar-refractivity contribution is 9.10. The molecule has 0 saturated heterocycles. The number of rotatable bonds is 5. The van der Waals surface area contributed by atoms with E-state index in [0.717, 1.165) is 27.2 Å². The third-order valence-corrected chi connectivity index (χ3v) is 7.67. The minimum absolute atomic E-state index is 1.03. The molecule has 0 amide bonds. The lowest BCUT2D eigenvalue weighted by molar-refractivity contribution is 1.16. The van der Waals surface area contributed by atoms with Gasteiger partial charge in [0.2, 0.25) is 0 Å². The highest BCUT2D eigenvalue weighted by Crippen LogP contribution is 2.39. The average molecular weight is 566 g/mol. The van der Waals surface area contributed by atoms with Crippen LogP contribution >= 0.6 is 15.9 Å². The number of nitrogens with zero attached hydrogens (tertiary/aromatic N) is 2. The van der Waals surface area contributed by atoms with Crippen LogP contribution in [-0.4, -0.2) is 4.57 Å². The third kappa shape index (κ3) is 4.31. The molecule has 0 aliphatic carbocycles.